The third-order valence-electron chi connectivity index (χ3n) is 2.23. The molecule has 98 valence electrons. The molecule has 0 saturated carbocycles. The molecule has 0 aliphatic carbocycles. The summed E-state index contributed by atoms with van der Waals surface area (Å²) in [6.07, 6.45) is 4.66. The van der Waals surface area contributed by atoms with Crippen LogP contribution in [0.1, 0.15) is 12.0 Å². The number of hydrogen-bond acceptors (Lipinski definition) is 4. The first kappa shape index (κ1) is 13.9. The van der Waals surface area contributed by atoms with Crippen LogP contribution in [0.3, 0.4) is 0 Å². The van der Waals surface area contributed by atoms with E-state index in [1.54, 1.807) is 0 Å². The van der Waals surface area contributed by atoms with Gasteiger partial charge in [-0.1, -0.05) is 0 Å². The zero-order chi connectivity index (χ0) is 13.5. The number of aryl methyl sites for hydroxylation is 1. The van der Waals surface area contributed by atoms with Gasteiger partial charge in [-0.05, 0) is 19.0 Å². The summed E-state index contributed by atoms with van der Waals surface area (Å²) in [6, 6.07) is 0. The van der Waals surface area contributed by atoms with Crippen LogP contribution in [0.4, 0.5) is 0 Å². The van der Waals surface area contributed by atoms with Crippen LogP contribution in [0.15, 0.2) is 21.9 Å². The van der Waals surface area contributed by atoms with Crippen LogP contribution >= 0.6 is 0 Å². The maximum Gasteiger partial charge on any atom is 0.328 e. The summed E-state index contributed by atoms with van der Waals surface area (Å²) in [5, 5.41) is 2.61. The Bertz CT molecular complexity index is 556. The third kappa shape index (κ3) is 4.02. The fourth-order valence-electron chi connectivity index (χ4n) is 1.24. The van der Waals surface area contributed by atoms with Crippen molar-refractivity contribution in [1.29, 1.82) is 0 Å². The van der Waals surface area contributed by atoms with Gasteiger partial charge in [-0.3, -0.25) is 14.6 Å². The topological polar surface area (TPSA) is 110 Å². The quantitative estimate of drug-likeness (QED) is 0.440. The average molecular weight is 252 g/mol. The second-order valence-corrected chi connectivity index (χ2v) is 3.72. The monoisotopic (exact) mass is 252 g/mol. The lowest BCUT2D eigenvalue weighted by Crippen LogP contribution is -2.29. The van der Waals surface area contributed by atoms with Crippen molar-refractivity contribution in [3.63, 3.8) is 0 Å². The summed E-state index contributed by atoms with van der Waals surface area (Å²) < 4.78 is 1.23. The van der Waals surface area contributed by atoms with E-state index in [1.165, 1.54) is 30.0 Å². The molecule has 18 heavy (non-hydrogen) atoms. The summed E-state index contributed by atoms with van der Waals surface area (Å²) in [6.45, 7) is 0.994. The van der Waals surface area contributed by atoms with E-state index < -0.39 is 11.2 Å². The van der Waals surface area contributed by atoms with E-state index in [2.05, 4.69) is 10.3 Å². The highest BCUT2D eigenvalue weighted by Crippen LogP contribution is 1.90. The predicted octanol–water partition coefficient (Wildman–Crippen LogP) is -1.45. The minimum atomic E-state index is -0.524. The molecule has 1 aromatic heterocycles. The highest BCUT2D eigenvalue weighted by atomic mass is 16.2. The third-order valence-corrected chi connectivity index (χ3v) is 2.23. The summed E-state index contributed by atoms with van der Waals surface area (Å²) in [5.41, 5.74) is 4.51. The number of nitrogens with two attached hydrogens (primary N) is 1. The van der Waals surface area contributed by atoms with Crippen LogP contribution in [0.25, 0.3) is 6.08 Å². The second kappa shape index (κ2) is 6.55. The van der Waals surface area contributed by atoms with Crippen LogP contribution < -0.4 is 22.3 Å². The Morgan fingerprint density at radius 3 is 2.94 bits per heavy atom. The lowest BCUT2D eigenvalue weighted by atomic mass is 10.3. The Labute approximate surface area is 103 Å². The molecule has 1 heterocycles. The van der Waals surface area contributed by atoms with Crippen molar-refractivity contribution in [3.8, 4) is 0 Å². The molecule has 7 nitrogen and oxygen atoms in total. The first-order valence-corrected chi connectivity index (χ1v) is 5.50. The van der Waals surface area contributed by atoms with Crippen LogP contribution in [0.2, 0.25) is 0 Å². The van der Waals surface area contributed by atoms with Crippen molar-refractivity contribution < 1.29 is 4.79 Å². The molecule has 0 atom stereocenters. The molecule has 4 N–H and O–H groups in total. The van der Waals surface area contributed by atoms with Gasteiger partial charge in [-0.25, -0.2) is 4.79 Å². The molecular weight excluding hydrogens is 236 g/mol. The Kier molecular flexibility index (Phi) is 5.06. The molecular formula is C11H16N4O3. The van der Waals surface area contributed by atoms with Crippen molar-refractivity contribution in [2.75, 3.05) is 13.1 Å². The van der Waals surface area contributed by atoms with Crippen LogP contribution in [-0.4, -0.2) is 28.5 Å². The summed E-state index contributed by atoms with van der Waals surface area (Å²) >= 11 is 0. The van der Waals surface area contributed by atoms with E-state index in [4.69, 9.17) is 5.73 Å². The molecule has 0 fully saturated rings. The van der Waals surface area contributed by atoms with E-state index in [-0.39, 0.29) is 11.5 Å². The molecule has 0 aliphatic rings. The molecule has 0 bridgehead atoms. The normalized spacial score (nSPS) is 10.8. The van der Waals surface area contributed by atoms with Gasteiger partial charge in [-0.15, -0.1) is 0 Å². The number of hydrogen-bond donors (Lipinski definition) is 3. The van der Waals surface area contributed by atoms with Crippen molar-refractivity contribution in [2.45, 2.75) is 6.42 Å². The van der Waals surface area contributed by atoms with Gasteiger partial charge in [0.05, 0.1) is 5.56 Å². The average Bonchev–Trinajstić information content (AvgIpc) is 2.32. The maximum atomic E-state index is 11.4. The lowest BCUT2D eigenvalue weighted by molar-refractivity contribution is -0.116. The Morgan fingerprint density at radius 2 is 2.28 bits per heavy atom. The molecule has 7 heteroatoms. The van der Waals surface area contributed by atoms with Gasteiger partial charge < -0.3 is 15.6 Å². The Balaban J connectivity index is 2.73. The first-order chi connectivity index (χ1) is 8.54. The molecule has 1 rings (SSSR count). The minimum Gasteiger partial charge on any atom is -0.353 e. The number of rotatable bonds is 5. The van der Waals surface area contributed by atoms with E-state index in [0.29, 0.717) is 19.5 Å². The number of nitrogens with zero attached hydrogens (tertiary/aromatic N) is 1. The molecule has 0 aromatic carbocycles. The number of amides is 1. The molecule has 0 saturated heterocycles. The number of carbonyl (C=O) groups excluding carboxylic acids is 1. The van der Waals surface area contributed by atoms with E-state index in [9.17, 15) is 14.4 Å². The zero-order valence-corrected chi connectivity index (χ0v) is 10.1. The van der Waals surface area contributed by atoms with Crippen molar-refractivity contribution in [1.82, 2.24) is 14.9 Å². The van der Waals surface area contributed by atoms with Gasteiger partial charge in [0.25, 0.3) is 5.56 Å². The molecule has 0 spiro atoms. The van der Waals surface area contributed by atoms with Gasteiger partial charge in [0, 0.05) is 25.9 Å². The van der Waals surface area contributed by atoms with Gasteiger partial charge >= 0.3 is 5.69 Å². The van der Waals surface area contributed by atoms with E-state index >= 15 is 0 Å². The summed E-state index contributed by atoms with van der Waals surface area (Å²) in [5.74, 6) is -0.309. The van der Waals surface area contributed by atoms with Crippen molar-refractivity contribution in [2.24, 2.45) is 12.8 Å². The molecule has 0 radical (unpaired) electrons. The van der Waals surface area contributed by atoms with Gasteiger partial charge in [0.15, 0.2) is 0 Å². The Hall–Kier alpha value is -2.15. The fourth-order valence-corrected chi connectivity index (χ4v) is 1.24. The SMILES string of the molecule is Cn1cc(/C=C/C(=O)NCCCN)c(=O)[nH]c1=O. The zero-order valence-electron chi connectivity index (χ0n) is 10.1. The largest absolute Gasteiger partial charge is 0.353 e. The molecule has 0 unspecified atom stereocenters. The fraction of sp³-hybridized carbons (Fsp3) is 0.364. The molecule has 1 amide bonds. The number of nitrogens with one attached hydrogen (secondary N) is 2. The van der Waals surface area contributed by atoms with Gasteiger partial charge in [0.2, 0.25) is 5.91 Å². The first-order valence-electron chi connectivity index (χ1n) is 5.50. The Morgan fingerprint density at radius 1 is 1.56 bits per heavy atom. The van der Waals surface area contributed by atoms with Crippen molar-refractivity contribution in [3.05, 3.63) is 38.7 Å². The van der Waals surface area contributed by atoms with Crippen LogP contribution in [-0.2, 0) is 11.8 Å². The number of H-pyrrole nitrogens is 1. The molecule has 0 aliphatic heterocycles. The van der Waals surface area contributed by atoms with E-state index in [0.717, 1.165) is 0 Å². The van der Waals surface area contributed by atoms with E-state index in [1.807, 2.05) is 0 Å². The number of aromatic amines is 1. The van der Waals surface area contributed by atoms with Crippen molar-refractivity contribution >= 4 is 12.0 Å². The predicted molar refractivity (Wildman–Crippen MR) is 68.0 cm³/mol. The van der Waals surface area contributed by atoms with Crippen LogP contribution in [0, 0.1) is 0 Å². The molecule has 1 aromatic rings. The number of aromatic nitrogens is 2. The highest BCUT2D eigenvalue weighted by molar-refractivity contribution is 5.91. The second-order valence-electron chi connectivity index (χ2n) is 3.72. The number of carbonyl (C=O) groups is 1. The summed E-state index contributed by atoms with van der Waals surface area (Å²) in [7, 11) is 1.51. The lowest BCUT2D eigenvalue weighted by Gasteiger charge is -2.00. The maximum absolute atomic E-state index is 11.4. The summed E-state index contributed by atoms with van der Waals surface area (Å²) in [4.78, 5) is 36.0. The smallest absolute Gasteiger partial charge is 0.328 e. The van der Waals surface area contributed by atoms with Crippen LogP contribution in [0.5, 0.6) is 0 Å². The highest BCUT2D eigenvalue weighted by Gasteiger charge is 2.00. The standard InChI is InChI=1S/C11H16N4O3/c1-15-7-8(10(17)14-11(15)18)3-4-9(16)13-6-2-5-12/h3-4,7H,2,5-6,12H2,1H3,(H,13,16)(H,14,17,18)/b4-3+. The van der Waals surface area contributed by atoms with Gasteiger partial charge in [-0.2, -0.15) is 0 Å². The minimum absolute atomic E-state index is 0.242. The van der Waals surface area contributed by atoms with Gasteiger partial charge in [0.1, 0.15) is 0 Å².